The number of para-hydroxylation sites is 4. The van der Waals surface area contributed by atoms with E-state index in [1.807, 2.05) is 47.7 Å². The van der Waals surface area contributed by atoms with E-state index in [1.165, 1.54) is 25.6 Å². The van der Waals surface area contributed by atoms with Gasteiger partial charge in [-0.3, -0.25) is 0 Å². The summed E-state index contributed by atoms with van der Waals surface area (Å²) in [6.45, 7) is 0. The summed E-state index contributed by atoms with van der Waals surface area (Å²) in [6.07, 6.45) is 0. The Kier molecular flexibility index (Phi) is 13.2. The van der Waals surface area contributed by atoms with Crippen LogP contribution in [0.3, 0.4) is 0 Å². The second kappa shape index (κ2) is 21.7. The van der Waals surface area contributed by atoms with Crippen LogP contribution in [0.15, 0.2) is 303 Å². The fourth-order valence-electron chi connectivity index (χ4n) is 11.5. The molecule has 83 heavy (non-hydrogen) atoms. The lowest BCUT2D eigenvalue weighted by molar-refractivity contribution is 1.07. The molecular weight excluding hydrogens is 1030 g/mol. The minimum atomic E-state index is 0. The second-order valence-corrected chi connectivity index (χ2v) is 21.5. The van der Waals surface area contributed by atoms with Crippen LogP contribution in [0.5, 0.6) is 0 Å². The lowest BCUT2D eigenvalue weighted by Crippen LogP contribution is -2.09. The van der Waals surface area contributed by atoms with Gasteiger partial charge in [0.1, 0.15) is 0 Å². The zero-order chi connectivity index (χ0) is 54.3. The summed E-state index contributed by atoms with van der Waals surface area (Å²) in [5.41, 5.74) is 17.4. The first kappa shape index (κ1) is 50.5. The quantitative estimate of drug-likeness (QED) is 0.122. The highest BCUT2D eigenvalue weighted by Gasteiger charge is 2.20. The third-order valence-corrected chi connectivity index (χ3v) is 16.6. The molecule has 0 fully saturated rings. The Morgan fingerprint density at radius 3 is 0.976 bits per heavy atom. The smallest absolute Gasteiger partial charge is 0.164 e. The van der Waals surface area contributed by atoms with E-state index < -0.39 is 0 Å². The molecule has 12 aromatic carbocycles. The number of nitrogens with zero attached hydrogens (tertiary/aromatic N) is 6. The first-order chi connectivity index (χ1) is 40.6. The monoisotopic (exact) mass is 1080 g/mol. The third-order valence-electron chi connectivity index (χ3n) is 15.4. The maximum Gasteiger partial charge on any atom is 0.164 e. The van der Waals surface area contributed by atoms with Gasteiger partial charge < -0.3 is 14.4 Å². The summed E-state index contributed by atoms with van der Waals surface area (Å²) in [7, 11) is 0. The van der Waals surface area contributed by atoms with Gasteiger partial charge in [-0.25, -0.2) is 15.0 Å². The molecule has 3 heterocycles. The van der Waals surface area contributed by atoms with Crippen molar-refractivity contribution < 1.29 is 0 Å². The van der Waals surface area contributed by atoms with Crippen LogP contribution in [0.25, 0.3) is 104 Å². The fourth-order valence-corrected chi connectivity index (χ4v) is 12.5. The Morgan fingerprint density at radius 1 is 0.253 bits per heavy atom. The highest BCUT2D eigenvalue weighted by molar-refractivity contribution is 7.25. The van der Waals surface area contributed by atoms with Crippen molar-refractivity contribution in [1.29, 1.82) is 0 Å². The molecule has 0 saturated heterocycles. The molecule has 0 amide bonds. The average molecular weight is 1080 g/mol. The Morgan fingerprint density at radius 2 is 0.566 bits per heavy atom. The molecule has 0 saturated carbocycles. The third kappa shape index (κ3) is 9.55. The van der Waals surface area contributed by atoms with Gasteiger partial charge in [-0.05, 0) is 156 Å². The summed E-state index contributed by atoms with van der Waals surface area (Å²) < 4.78 is 4.86. The SMILES string of the molecule is C.c1ccc(-c2nc(-c3ccccc3)nc(-c3ccc4sc5ccc(-n6c7ccc(-c8ccc(N(c9ccccc9)c9ccccc9)cc8)cc7c7cc(-c8ccc(N(c9ccccc9)c9ccccc9)cc8)ccc76)cc5c4c3)n2)cc1. The van der Waals surface area contributed by atoms with Crippen molar-refractivity contribution in [3.05, 3.63) is 303 Å². The molecule has 0 N–H and O–H groups in total. The molecular formula is C76H54N6S. The van der Waals surface area contributed by atoms with Crippen LogP contribution in [0, 0.1) is 0 Å². The Balaban J connectivity index is 0.00000614. The van der Waals surface area contributed by atoms with Crippen molar-refractivity contribution in [2.24, 2.45) is 0 Å². The van der Waals surface area contributed by atoms with Crippen molar-refractivity contribution in [2.75, 3.05) is 9.80 Å². The van der Waals surface area contributed by atoms with E-state index in [9.17, 15) is 0 Å². The van der Waals surface area contributed by atoms with Crippen molar-refractivity contribution in [2.45, 2.75) is 7.43 Å². The molecule has 0 unspecified atom stereocenters. The lowest BCUT2D eigenvalue weighted by Gasteiger charge is -2.25. The van der Waals surface area contributed by atoms with Gasteiger partial charge in [0.15, 0.2) is 17.5 Å². The van der Waals surface area contributed by atoms with Gasteiger partial charge in [-0.1, -0.05) is 177 Å². The molecule has 0 aliphatic rings. The summed E-state index contributed by atoms with van der Waals surface area (Å²) in [5, 5.41) is 4.71. The zero-order valence-electron chi connectivity index (χ0n) is 44.5. The minimum absolute atomic E-state index is 0. The van der Waals surface area contributed by atoms with Crippen LogP contribution in [0.2, 0.25) is 0 Å². The van der Waals surface area contributed by atoms with Crippen LogP contribution >= 0.6 is 11.3 Å². The van der Waals surface area contributed by atoms with Crippen LogP contribution in [-0.2, 0) is 0 Å². The molecule has 0 aliphatic carbocycles. The lowest BCUT2D eigenvalue weighted by atomic mass is 9.99. The van der Waals surface area contributed by atoms with Crippen LogP contribution in [0.4, 0.5) is 34.1 Å². The highest BCUT2D eigenvalue weighted by Crippen LogP contribution is 2.43. The van der Waals surface area contributed by atoms with Crippen molar-refractivity contribution in [3.63, 3.8) is 0 Å². The molecule has 0 spiro atoms. The molecule has 0 aliphatic heterocycles. The summed E-state index contributed by atoms with van der Waals surface area (Å²) in [5.74, 6) is 1.92. The highest BCUT2D eigenvalue weighted by atomic mass is 32.1. The number of aromatic nitrogens is 4. The van der Waals surface area contributed by atoms with Crippen LogP contribution < -0.4 is 9.80 Å². The number of rotatable bonds is 12. The van der Waals surface area contributed by atoms with E-state index in [2.05, 4.69) is 281 Å². The molecule has 7 heteroatoms. The first-order valence-electron chi connectivity index (χ1n) is 27.6. The van der Waals surface area contributed by atoms with Gasteiger partial charge in [0.05, 0.1) is 11.0 Å². The Labute approximate surface area is 486 Å². The molecule has 15 aromatic rings. The van der Waals surface area contributed by atoms with Crippen LogP contribution in [0.1, 0.15) is 7.43 Å². The summed E-state index contributed by atoms with van der Waals surface area (Å²) >= 11 is 1.81. The summed E-state index contributed by atoms with van der Waals surface area (Å²) in [6, 6.07) is 108. The normalized spacial score (nSPS) is 11.3. The number of anilines is 6. The van der Waals surface area contributed by atoms with Gasteiger partial charge >= 0.3 is 0 Å². The maximum atomic E-state index is 5.10. The number of benzene rings is 12. The van der Waals surface area contributed by atoms with Crippen molar-refractivity contribution >= 4 is 87.4 Å². The molecule has 0 atom stereocenters. The number of fused-ring (bicyclic) bond motifs is 6. The topological polar surface area (TPSA) is 50.1 Å². The Hall–Kier alpha value is -10.7. The molecule has 0 radical (unpaired) electrons. The van der Waals surface area contributed by atoms with Gasteiger partial charge in [0.25, 0.3) is 0 Å². The average Bonchev–Trinajstić information content (AvgIpc) is 2.72. The molecule has 6 nitrogen and oxygen atoms in total. The number of thiophene rings is 1. The maximum absolute atomic E-state index is 5.10. The number of hydrogen-bond donors (Lipinski definition) is 0. The van der Waals surface area contributed by atoms with Gasteiger partial charge in [-0.15, -0.1) is 11.3 Å². The van der Waals surface area contributed by atoms with E-state index in [-0.39, 0.29) is 7.43 Å². The zero-order valence-corrected chi connectivity index (χ0v) is 45.3. The fraction of sp³-hybridized carbons (Fsp3) is 0.0132. The largest absolute Gasteiger partial charge is 0.311 e. The van der Waals surface area contributed by atoms with E-state index in [4.69, 9.17) is 15.0 Å². The summed E-state index contributed by atoms with van der Waals surface area (Å²) in [4.78, 5) is 19.8. The Bertz CT molecular complexity index is 4440. The molecule has 3 aromatic heterocycles. The van der Waals surface area contributed by atoms with Gasteiger partial charge in [0, 0.05) is 87.4 Å². The number of hydrogen-bond acceptors (Lipinski definition) is 6. The molecule has 15 rings (SSSR count). The van der Waals surface area contributed by atoms with Crippen LogP contribution in [-0.4, -0.2) is 19.5 Å². The van der Waals surface area contributed by atoms with Gasteiger partial charge in [-0.2, -0.15) is 0 Å². The molecule has 394 valence electrons. The van der Waals surface area contributed by atoms with E-state index in [0.29, 0.717) is 17.5 Å². The minimum Gasteiger partial charge on any atom is -0.311 e. The predicted molar refractivity (Wildman–Crippen MR) is 350 cm³/mol. The van der Waals surface area contributed by atoms with Gasteiger partial charge in [0.2, 0.25) is 0 Å². The predicted octanol–water partition coefficient (Wildman–Crippen LogP) is 21.2. The standard InChI is InChI=1S/C75H50N6S.CH4/c1-7-19-53(20-8-1)73-76-74(54-21-9-2-10-22-54)78-75(77-73)57-37-45-71-67(49-57)68-50-64(42-46-72(68)82-71)81-69-43-35-55(51-31-38-62(39-32-51)79(58-23-11-3-12-24-58)59-25-13-4-14-26-59)47-65(69)66-48-56(36-44-70(66)81)52-33-40-63(41-34-52)80(60-27-15-5-16-28-60)61-29-17-6-18-30-61;/h1-50H;1H4. The van der Waals surface area contributed by atoms with Crippen molar-refractivity contribution in [1.82, 2.24) is 19.5 Å². The second-order valence-electron chi connectivity index (χ2n) is 20.4. The van der Waals surface area contributed by atoms with E-state index in [0.717, 1.165) is 95.2 Å². The molecule has 0 bridgehead atoms. The first-order valence-corrected chi connectivity index (χ1v) is 28.4. The van der Waals surface area contributed by atoms with E-state index >= 15 is 0 Å². The van der Waals surface area contributed by atoms with Crippen molar-refractivity contribution in [3.8, 4) is 62.1 Å². The van der Waals surface area contributed by atoms with E-state index in [1.54, 1.807) is 0 Å².